The van der Waals surface area contributed by atoms with Crippen LogP contribution in [0, 0.1) is 6.92 Å². The first kappa shape index (κ1) is 18.4. The van der Waals surface area contributed by atoms with Gasteiger partial charge in [0.1, 0.15) is 0 Å². The molecule has 0 aromatic heterocycles. The molecule has 2 nitrogen and oxygen atoms in total. The Morgan fingerprint density at radius 3 is 2.31 bits per heavy atom. The molecule has 0 amide bonds. The van der Waals surface area contributed by atoms with Crippen LogP contribution in [0.1, 0.15) is 56.2 Å². The maximum atomic E-state index is 5.25. The molecular formula is C27H30N2. The van der Waals surface area contributed by atoms with E-state index in [-0.39, 0.29) is 11.0 Å². The molecule has 0 saturated heterocycles. The Balaban J connectivity index is 1.67. The van der Waals surface area contributed by atoms with Crippen LogP contribution in [-0.2, 0) is 5.41 Å². The number of anilines is 1. The average molecular weight is 383 g/mol. The maximum absolute atomic E-state index is 5.25. The summed E-state index contributed by atoms with van der Waals surface area (Å²) in [5, 5.41) is 2.60. The van der Waals surface area contributed by atoms with E-state index in [4.69, 9.17) is 4.99 Å². The van der Waals surface area contributed by atoms with Crippen molar-refractivity contribution in [3.8, 4) is 0 Å². The lowest BCUT2D eigenvalue weighted by Gasteiger charge is -2.40. The number of aliphatic imine (C=N–C) groups is 1. The molecule has 0 radical (unpaired) electrons. The molecule has 1 aliphatic carbocycles. The lowest BCUT2D eigenvalue weighted by molar-refractivity contribution is 0.393. The van der Waals surface area contributed by atoms with E-state index in [1.807, 2.05) is 0 Å². The first-order valence-corrected chi connectivity index (χ1v) is 10.8. The number of para-hydroxylation sites is 1. The quantitative estimate of drug-likeness (QED) is 0.449. The summed E-state index contributed by atoms with van der Waals surface area (Å²) in [5.41, 5.74) is 6.45. The van der Waals surface area contributed by atoms with E-state index in [1.54, 1.807) is 0 Å². The Hall–Kier alpha value is -2.61. The molecule has 3 aromatic carbocycles. The minimum Gasteiger partial charge on any atom is -0.363 e. The van der Waals surface area contributed by atoms with Gasteiger partial charge in [0, 0.05) is 29.8 Å². The van der Waals surface area contributed by atoms with Crippen molar-refractivity contribution in [1.29, 1.82) is 0 Å². The highest BCUT2D eigenvalue weighted by atomic mass is 15.2. The molecule has 0 bridgehead atoms. The highest BCUT2D eigenvalue weighted by molar-refractivity contribution is 5.99. The Labute approximate surface area is 174 Å². The lowest BCUT2D eigenvalue weighted by Crippen LogP contribution is -2.53. The largest absolute Gasteiger partial charge is 0.363 e. The zero-order chi connectivity index (χ0) is 20.4. The van der Waals surface area contributed by atoms with Crippen molar-refractivity contribution in [1.82, 2.24) is 0 Å². The van der Waals surface area contributed by atoms with Gasteiger partial charge in [-0.25, -0.2) is 0 Å². The van der Waals surface area contributed by atoms with Crippen LogP contribution >= 0.6 is 0 Å². The van der Waals surface area contributed by atoms with Crippen LogP contribution in [0.15, 0.2) is 59.6 Å². The molecule has 1 heterocycles. The number of nitrogens with zero attached hydrogens (tertiary/aromatic N) is 2. The SMILES string of the molecule is Cc1cc(C2CC2)c(N=CC2(C)N(C)c3ccccc3C2(C)C)c2ccccc12. The molecule has 2 heteroatoms. The fourth-order valence-corrected chi connectivity index (χ4v) is 5.09. The molecule has 148 valence electrons. The summed E-state index contributed by atoms with van der Waals surface area (Å²) in [7, 11) is 2.20. The van der Waals surface area contributed by atoms with E-state index in [9.17, 15) is 0 Å². The molecule has 1 atom stereocenters. The maximum Gasteiger partial charge on any atom is 0.0815 e. The van der Waals surface area contributed by atoms with Gasteiger partial charge >= 0.3 is 0 Å². The zero-order valence-corrected chi connectivity index (χ0v) is 18.2. The van der Waals surface area contributed by atoms with Gasteiger partial charge in [0.25, 0.3) is 0 Å². The normalized spacial score (nSPS) is 23.1. The number of rotatable bonds is 3. The van der Waals surface area contributed by atoms with Crippen LogP contribution in [-0.4, -0.2) is 18.8 Å². The van der Waals surface area contributed by atoms with Crippen molar-refractivity contribution in [3.63, 3.8) is 0 Å². The Morgan fingerprint density at radius 1 is 0.966 bits per heavy atom. The lowest BCUT2D eigenvalue weighted by atomic mass is 9.72. The molecule has 3 aromatic rings. The van der Waals surface area contributed by atoms with Gasteiger partial charge in [-0.15, -0.1) is 0 Å². The van der Waals surface area contributed by atoms with E-state index < -0.39 is 0 Å². The average Bonchev–Trinajstić information content (AvgIpc) is 3.55. The second-order valence-corrected chi connectivity index (χ2v) is 9.56. The van der Waals surface area contributed by atoms with E-state index in [1.165, 1.54) is 51.7 Å². The fraction of sp³-hybridized carbons (Fsp3) is 0.370. The van der Waals surface area contributed by atoms with Gasteiger partial charge in [0.15, 0.2) is 0 Å². The van der Waals surface area contributed by atoms with Crippen molar-refractivity contribution in [2.75, 3.05) is 11.9 Å². The summed E-state index contributed by atoms with van der Waals surface area (Å²) in [4.78, 5) is 7.65. The smallest absolute Gasteiger partial charge is 0.0815 e. The van der Waals surface area contributed by atoms with Crippen LogP contribution in [0.4, 0.5) is 11.4 Å². The van der Waals surface area contributed by atoms with E-state index in [0.717, 1.165) is 0 Å². The molecule has 0 N–H and O–H groups in total. The van der Waals surface area contributed by atoms with Crippen molar-refractivity contribution >= 4 is 28.4 Å². The summed E-state index contributed by atoms with van der Waals surface area (Å²) in [6.45, 7) is 9.24. The Morgan fingerprint density at radius 2 is 1.62 bits per heavy atom. The van der Waals surface area contributed by atoms with Gasteiger partial charge in [-0.2, -0.15) is 0 Å². The van der Waals surface area contributed by atoms with Gasteiger partial charge < -0.3 is 4.90 Å². The third-order valence-corrected chi connectivity index (χ3v) is 7.62. The van der Waals surface area contributed by atoms with Crippen molar-refractivity contribution < 1.29 is 0 Å². The number of aryl methyl sites for hydroxylation is 1. The summed E-state index contributed by atoms with van der Waals surface area (Å²) in [6.07, 6.45) is 4.79. The highest BCUT2D eigenvalue weighted by Gasteiger charge is 2.51. The standard InChI is InChI=1S/C27H30N2/c1-18-16-22(19-14-15-19)25(21-11-7-6-10-20(18)21)28-17-27(4)26(2,3)23-12-8-9-13-24(23)29(27)5/h6-13,16-17,19H,14-15H2,1-5H3. The highest BCUT2D eigenvalue weighted by Crippen LogP contribution is 2.51. The molecule has 2 aliphatic rings. The number of benzene rings is 3. The first-order chi connectivity index (χ1) is 13.8. The monoisotopic (exact) mass is 382 g/mol. The molecule has 29 heavy (non-hydrogen) atoms. The number of hydrogen-bond donors (Lipinski definition) is 0. The van der Waals surface area contributed by atoms with Crippen LogP contribution in [0.2, 0.25) is 0 Å². The predicted octanol–water partition coefficient (Wildman–Crippen LogP) is 6.91. The van der Waals surface area contributed by atoms with E-state index >= 15 is 0 Å². The minimum atomic E-state index is -0.191. The molecule has 1 saturated carbocycles. The Kier molecular flexibility index (Phi) is 3.93. The van der Waals surface area contributed by atoms with E-state index in [0.29, 0.717) is 5.92 Å². The summed E-state index contributed by atoms with van der Waals surface area (Å²) >= 11 is 0. The Bertz CT molecular complexity index is 1140. The molecule has 1 unspecified atom stereocenters. The minimum absolute atomic E-state index is 0.0257. The topological polar surface area (TPSA) is 15.6 Å². The van der Waals surface area contributed by atoms with Crippen LogP contribution in [0.25, 0.3) is 10.8 Å². The third kappa shape index (κ3) is 2.58. The summed E-state index contributed by atoms with van der Waals surface area (Å²) < 4.78 is 0. The molecule has 1 aliphatic heterocycles. The number of fused-ring (bicyclic) bond motifs is 2. The number of likely N-dealkylation sites (N-methyl/N-ethyl adjacent to an activating group) is 1. The van der Waals surface area contributed by atoms with Gasteiger partial charge in [0.2, 0.25) is 0 Å². The molecular weight excluding hydrogens is 352 g/mol. The fourth-order valence-electron chi connectivity index (χ4n) is 5.09. The molecule has 1 fully saturated rings. The number of hydrogen-bond acceptors (Lipinski definition) is 2. The summed E-state index contributed by atoms with van der Waals surface area (Å²) in [6, 6.07) is 19.9. The van der Waals surface area contributed by atoms with Crippen molar-refractivity contribution in [2.24, 2.45) is 4.99 Å². The molecule has 5 rings (SSSR count). The van der Waals surface area contributed by atoms with Gasteiger partial charge in [-0.05, 0) is 60.7 Å². The van der Waals surface area contributed by atoms with E-state index in [2.05, 4.69) is 100 Å². The molecule has 0 spiro atoms. The van der Waals surface area contributed by atoms with Gasteiger partial charge in [-0.1, -0.05) is 62.4 Å². The van der Waals surface area contributed by atoms with Crippen LogP contribution in [0.5, 0.6) is 0 Å². The second-order valence-electron chi connectivity index (χ2n) is 9.56. The zero-order valence-electron chi connectivity index (χ0n) is 18.2. The summed E-state index contributed by atoms with van der Waals surface area (Å²) in [5.74, 6) is 0.671. The second kappa shape index (κ2) is 6.19. The van der Waals surface area contributed by atoms with Crippen LogP contribution in [0.3, 0.4) is 0 Å². The van der Waals surface area contributed by atoms with Gasteiger partial charge in [-0.3, -0.25) is 4.99 Å². The third-order valence-electron chi connectivity index (χ3n) is 7.62. The van der Waals surface area contributed by atoms with Crippen LogP contribution < -0.4 is 4.90 Å². The first-order valence-electron chi connectivity index (χ1n) is 10.8. The van der Waals surface area contributed by atoms with Crippen molar-refractivity contribution in [2.45, 2.75) is 57.4 Å². The van der Waals surface area contributed by atoms with Crippen molar-refractivity contribution in [3.05, 3.63) is 71.3 Å². The predicted molar refractivity (Wildman–Crippen MR) is 125 cm³/mol. The van der Waals surface area contributed by atoms with Gasteiger partial charge in [0.05, 0.1) is 11.2 Å².